The highest BCUT2D eigenvalue weighted by molar-refractivity contribution is 7.89. The molecule has 8 nitrogen and oxygen atoms in total. The van der Waals surface area contributed by atoms with E-state index in [-0.39, 0.29) is 29.3 Å². The number of benzene rings is 1. The fourth-order valence-electron chi connectivity index (χ4n) is 3.50. The van der Waals surface area contributed by atoms with Crippen molar-refractivity contribution in [1.82, 2.24) is 19.2 Å². The summed E-state index contributed by atoms with van der Waals surface area (Å²) in [5.74, 6) is 1.19. The summed E-state index contributed by atoms with van der Waals surface area (Å²) in [6.07, 6.45) is 0.402. The number of amides is 1. The number of likely N-dealkylation sites (tertiary alicyclic amines) is 1. The Morgan fingerprint density at radius 1 is 1.13 bits per heavy atom. The maximum atomic E-state index is 12.9. The summed E-state index contributed by atoms with van der Waals surface area (Å²) in [4.78, 5) is 25.5. The Labute approximate surface area is 178 Å². The Hall–Kier alpha value is -2.52. The van der Waals surface area contributed by atoms with E-state index in [1.807, 2.05) is 43.8 Å². The first-order valence-electron chi connectivity index (χ1n) is 9.95. The number of sulfonamides is 1. The molecule has 0 saturated carbocycles. The molecular formula is C21H29N5O3S. The molecule has 2 heterocycles. The molecule has 1 aromatic carbocycles. The fraction of sp³-hybridized carbons (Fsp3) is 0.476. The predicted molar refractivity (Wildman–Crippen MR) is 116 cm³/mol. The zero-order chi connectivity index (χ0) is 22.1. The van der Waals surface area contributed by atoms with Gasteiger partial charge in [-0.1, -0.05) is 18.2 Å². The maximum absolute atomic E-state index is 12.9. The monoisotopic (exact) mass is 431 g/mol. The average Bonchev–Trinajstić information content (AvgIpc) is 3.10. The quantitative estimate of drug-likeness (QED) is 0.667. The third-order valence-corrected chi connectivity index (χ3v) is 7.07. The fourth-order valence-corrected chi connectivity index (χ4v) is 4.64. The number of carbonyl (C=O) groups excluding carboxylic acids is 1. The lowest BCUT2D eigenvalue weighted by molar-refractivity contribution is -0.129. The van der Waals surface area contributed by atoms with Crippen molar-refractivity contribution >= 4 is 21.7 Å². The first kappa shape index (κ1) is 22.2. The molecule has 0 spiro atoms. The Balaban J connectivity index is 1.89. The van der Waals surface area contributed by atoms with Gasteiger partial charge in [-0.15, -0.1) is 0 Å². The molecule has 162 valence electrons. The average molecular weight is 432 g/mol. The van der Waals surface area contributed by atoms with Gasteiger partial charge in [0, 0.05) is 52.1 Å². The normalized spacial score (nSPS) is 17.2. The Kier molecular flexibility index (Phi) is 6.42. The smallest absolute Gasteiger partial charge is 0.243 e. The molecule has 9 heteroatoms. The number of rotatable bonds is 7. The number of aromatic nitrogens is 2. The third-order valence-electron chi connectivity index (χ3n) is 5.25. The van der Waals surface area contributed by atoms with Gasteiger partial charge < -0.3 is 9.80 Å². The van der Waals surface area contributed by atoms with Gasteiger partial charge in [0.2, 0.25) is 15.9 Å². The van der Waals surface area contributed by atoms with Crippen molar-refractivity contribution in [2.75, 3.05) is 32.6 Å². The first-order chi connectivity index (χ1) is 14.1. The summed E-state index contributed by atoms with van der Waals surface area (Å²) in [5.41, 5.74) is 0.769. The van der Waals surface area contributed by atoms with Crippen LogP contribution in [0, 0.1) is 0 Å². The van der Waals surface area contributed by atoms with Gasteiger partial charge in [0.05, 0.1) is 17.1 Å². The molecule has 0 N–H and O–H groups in total. The van der Waals surface area contributed by atoms with Gasteiger partial charge in [-0.25, -0.2) is 18.4 Å². The summed E-state index contributed by atoms with van der Waals surface area (Å²) in [6, 6.07) is 10.3. The highest BCUT2D eigenvalue weighted by Crippen LogP contribution is 2.30. The van der Waals surface area contributed by atoms with E-state index in [1.165, 1.54) is 11.4 Å². The molecule has 1 amide bonds. The molecule has 2 aromatic rings. The summed E-state index contributed by atoms with van der Waals surface area (Å²) >= 11 is 0. The lowest BCUT2D eigenvalue weighted by Gasteiger charge is -2.22. The molecule has 30 heavy (non-hydrogen) atoms. The van der Waals surface area contributed by atoms with Gasteiger partial charge in [-0.05, 0) is 26.0 Å². The predicted octanol–water partition coefficient (Wildman–Crippen LogP) is 2.09. The largest absolute Gasteiger partial charge is 0.363 e. The van der Waals surface area contributed by atoms with Crippen molar-refractivity contribution in [2.24, 2.45) is 0 Å². The summed E-state index contributed by atoms with van der Waals surface area (Å²) < 4.78 is 27.0. The summed E-state index contributed by atoms with van der Waals surface area (Å²) in [5, 5.41) is 0. The van der Waals surface area contributed by atoms with Crippen LogP contribution >= 0.6 is 0 Å². The van der Waals surface area contributed by atoms with Crippen LogP contribution in [-0.2, 0) is 21.4 Å². The second-order valence-electron chi connectivity index (χ2n) is 8.08. The molecule has 1 aliphatic rings. The Morgan fingerprint density at radius 2 is 1.80 bits per heavy atom. The van der Waals surface area contributed by atoms with Gasteiger partial charge >= 0.3 is 0 Å². The second kappa shape index (κ2) is 8.69. The maximum Gasteiger partial charge on any atom is 0.243 e. The third kappa shape index (κ3) is 4.62. The number of hydrogen-bond donors (Lipinski definition) is 0. The van der Waals surface area contributed by atoms with Crippen LogP contribution in [0.3, 0.4) is 0 Å². The van der Waals surface area contributed by atoms with Crippen molar-refractivity contribution in [3.63, 3.8) is 0 Å². The molecule has 0 bridgehead atoms. The van der Waals surface area contributed by atoms with E-state index in [0.717, 1.165) is 5.69 Å². The molecule has 1 saturated heterocycles. The van der Waals surface area contributed by atoms with Crippen molar-refractivity contribution in [3.8, 4) is 0 Å². The van der Waals surface area contributed by atoms with E-state index >= 15 is 0 Å². The molecule has 0 aliphatic carbocycles. The van der Waals surface area contributed by atoms with Crippen LogP contribution < -0.4 is 4.90 Å². The van der Waals surface area contributed by atoms with Crippen LogP contribution in [0.25, 0.3) is 0 Å². The standard InChI is InChI=1S/C21H29N5O3S/c1-15(2)26-13-16(11-21(26)27)18-12-20(24(3)4)23-19(22-18)14-25(5)30(28,29)17-9-7-6-8-10-17/h6-10,12,15-16H,11,13-14H2,1-5H3. The number of anilines is 1. The van der Waals surface area contributed by atoms with Crippen LogP contribution in [-0.4, -0.2) is 67.2 Å². The second-order valence-corrected chi connectivity index (χ2v) is 10.1. The molecule has 1 fully saturated rings. The molecule has 1 aromatic heterocycles. The molecular weight excluding hydrogens is 402 g/mol. The molecule has 1 aliphatic heterocycles. The van der Waals surface area contributed by atoms with E-state index in [0.29, 0.717) is 24.6 Å². The SMILES string of the molecule is CC(C)N1CC(c2cc(N(C)C)nc(CN(C)S(=O)(=O)c3ccccc3)n2)CC1=O. The lowest BCUT2D eigenvalue weighted by Crippen LogP contribution is -2.32. The van der Waals surface area contributed by atoms with Gasteiger partial charge in [-0.2, -0.15) is 4.31 Å². The minimum Gasteiger partial charge on any atom is -0.363 e. The van der Waals surface area contributed by atoms with E-state index in [2.05, 4.69) is 9.97 Å². The number of carbonyl (C=O) groups is 1. The van der Waals surface area contributed by atoms with Gasteiger partial charge in [0.25, 0.3) is 0 Å². The number of hydrogen-bond acceptors (Lipinski definition) is 6. The first-order valence-corrected chi connectivity index (χ1v) is 11.4. The number of nitrogens with zero attached hydrogens (tertiary/aromatic N) is 5. The van der Waals surface area contributed by atoms with Gasteiger partial charge in [-0.3, -0.25) is 4.79 Å². The zero-order valence-corrected chi connectivity index (χ0v) is 18.9. The summed E-state index contributed by atoms with van der Waals surface area (Å²) in [7, 11) is 1.62. The topological polar surface area (TPSA) is 86.7 Å². The van der Waals surface area contributed by atoms with Crippen molar-refractivity contribution in [3.05, 3.63) is 47.9 Å². The van der Waals surface area contributed by atoms with Crippen LogP contribution in [0.15, 0.2) is 41.3 Å². The molecule has 3 rings (SSSR count). The highest BCUT2D eigenvalue weighted by Gasteiger charge is 2.33. The minimum absolute atomic E-state index is 0.0311. The Bertz CT molecular complexity index is 1010. The van der Waals surface area contributed by atoms with Crippen molar-refractivity contribution < 1.29 is 13.2 Å². The lowest BCUT2D eigenvalue weighted by atomic mass is 10.0. The van der Waals surface area contributed by atoms with E-state index in [1.54, 1.807) is 30.3 Å². The molecule has 0 radical (unpaired) electrons. The van der Waals surface area contributed by atoms with Gasteiger partial charge in [0.15, 0.2) is 0 Å². The van der Waals surface area contributed by atoms with Crippen LogP contribution in [0.5, 0.6) is 0 Å². The minimum atomic E-state index is -3.65. The summed E-state index contributed by atoms with van der Waals surface area (Å²) in [6.45, 7) is 4.65. The zero-order valence-electron chi connectivity index (χ0n) is 18.1. The van der Waals surface area contributed by atoms with Crippen molar-refractivity contribution in [1.29, 1.82) is 0 Å². The molecule has 1 unspecified atom stereocenters. The highest BCUT2D eigenvalue weighted by atomic mass is 32.2. The molecule has 1 atom stereocenters. The van der Waals surface area contributed by atoms with Crippen molar-refractivity contribution in [2.45, 2.75) is 43.7 Å². The van der Waals surface area contributed by atoms with Crippen LogP contribution in [0.4, 0.5) is 5.82 Å². The van der Waals surface area contributed by atoms with E-state index < -0.39 is 10.0 Å². The van der Waals surface area contributed by atoms with Gasteiger partial charge in [0.1, 0.15) is 11.6 Å². The van der Waals surface area contributed by atoms with E-state index in [9.17, 15) is 13.2 Å². The Morgan fingerprint density at radius 3 is 2.37 bits per heavy atom. The van der Waals surface area contributed by atoms with Crippen LogP contribution in [0.2, 0.25) is 0 Å². The van der Waals surface area contributed by atoms with E-state index in [4.69, 9.17) is 0 Å². The van der Waals surface area contributed by atoms with Crippen LogP contribution in [0.1, 0.15) is 37.7 Å².